The van der Waals surface area contributed by atoms with Crippen LogP contribution in [0.2, 0.25) is 5.02 Å². The molecule has 0 heterocycles. The Labute approximate surface area is 110 Å². The first-order valence-corrected chi connectivity index (χ1v) is 6.99. The molecule has 0 amide bonds. The molecule has 0 aliphatic rings. The molecule has 0 saturated heterocycles. The number of aliphatic carboxylic acids is 1. The Kier molecular flexibility index (Phi) is 4.42. The Morgan fingerprint density at radius 3 is 2.50 bits per heavy atom. The number of carbonyl (C=O) groups excluding carboxylic acids is 1. The van der Waals surface area contributed by atoms with Gasteiger partial charge in [0.05, 0.1) is 36.6 Å². The van der Waals surface area contributed by atoms with Crippen LogP contribution in [-0.2, 0) is 14.8 Å². The monoisotopic (exact) mass is 292 g/mol. The van der Waals surface area contributed by atoms with Gasteiger partial charge in [-0.2, -0.15) is 0 Å². The summed E-state index contributed by atoms with van der Waals surface area (Å²) in [6.07, 6.45) is 0.897. The van der Waals surface area contributed by atoms with E-state index in [9.17, 15) is 18.3 Å². The third-order valence-electron chi connectivity index (χ3n) is 2.10. The molecule has 8 heteroatoms. The number of anilines is 1. The Hall–Kier alpha value is -1.47. The first-order chi connectivity index (χ1) is 8.25. The zero-order valence-corrected chi connectivity index (χ0v) is 11.3. The van der Waals surface area contributed by atoms with Crippen LogP contribution in [0.25, 0.3) is 0 Å². The highest BCUT2D eigenvalue weighted by Gasteiger charge is 2.18. The predicted molar refractivity (Wildman–Crippen MR) is 65.2 cm³/mol. The van der Waals surface area contributed by atoms with Crippen LogP contribution in [-0.4, -0.2) is 34.3 Å². The predicted octanol–water partition coefficient (Wildman–Crippen LogP) is -0.135. The summed E-state index contributed by atoms with van der Waals surface area (Å²) in [4.78, 5) is 10.6. The van der Waals surface area contributed by atoms with Crippen LogP contribution in [0, 0.1) is 0 Å². The summed E-state index contributed by atoms with van der Waals surface area (Å²) in [7, 11) is -2.32. The molecule has 6 nitrogen and oxygen atoms in total. The first-order valence-electron chi connectivity index (χ1n) is 4.77. The lowest BCUT2D eigenvalue weighted by molar-refractivity contribution is -0.303. The van der Waals surface area contributed by atoms with Crippen LogP contribution >= 0.6 is 11.6 Å². The summed E-state index contributed by atoms with van der Waals surface area (Å²) in [5, 5.41) is 10.7. The van der Waals surface area contributed by atoms with Crippen molar-refractivity contribution < 1.29 is 23.1 Å². The Balaban J connectivity index is 3.22. The standard InChI is InChI=1S/C10H12ClNO5S/c1-17-9-4-3-7(5-8(9)11)12(6-10(13)14)18(2,15)16/h3-5H,6H2,1-2H3,(H,13,14)/p-1. The summed E-state index contributed by atoms with van der Waals surface area (Å²) in [6.45, 7) is -0.776. The molecule has 0 saturated carbocycles. The number of methoxy groups -OCH3 is 1. The van der Waals surface area contributed by atoms with Gasteiger partial charge in [-0.15, -0.1) is 0 Å². The summed E-state index contributed by atoms with van der Waals surface area (Å²) >= 11 is 5.85. The average molecular weight is 293 g/mol. The number of carbonyl (C=O) groups is 1. The topological polar surface area (TPSA) is 86.7 Å². The number of hydrogen-bond acceptors (Lipinski definition) is 5. The fourth-order valence-corrected chi connectivity index (χ4v) is 2.42. The third kappa shape index (κ3) is 3.51. The van der Waals surface area contributed by atoms with E-state index in [-0.39, 0.29) is 10.7 Å². The van der Waals surface area contributed by atoms with Gasteiger partial charge >= 0.3 is 0 Å². The van der Waals surface area contributed by atoms with E-state index >= 15 is 0 Å². The fourth-order valence-electron chi connectivity index (χ4n) is 1.33. The van der Waals surface area contributed by atoms with E-state index in [1.165, 1.54) is 25.3 Å². The maximum atomic E-state index is 11.5. The lowest BCUT2D eigenvalue weighted by atomic mass is 10.3. The molecule has 100 valence electrons. The molecule has 0 aromatic heterocycles. The van der Waals surface area contributed by atoms with Crippen molar-refractivity contribution in [2.45, 2.75) is 0 Å². The van der Waals surface area contributed by atoms with Crippen molar-refractivity contribution in [3.8, 4) is 5.75 Å². The number of rotatable bonds is 5. The van der Waals surface area contributed by atoms with Crippen molar-refractivity contribution in [3.05, 3.63) is 23.2 Å². The highest BCUT2D eigenvalue weighted by atomic mass is 35.5. The number of halogens is 1. The van der Waals surface area contributed by atoms with Gasteiger partial charge in [0.1, 0.15) is 5.75 Å². The SMILES string of the molecule is COc1ccc(N(CC(=O)[O-])S(C)(=O)=O)cc1Cl. The van der Waals surface area contributed by atoms with Crippen LogP contribution in [0.1, 0.15) is 0 Å². The van der Waals surface area contributed by atoms with Gasteiger partial charge < -0.3 is 14.6 Å². The van der Waals surface area contributed by atoms with E-state index < -0.39 is 22.5 Å². The van der Waals surface area contributed by atoms with Gasteiger partial charge in [0.25, 0.3) is 0 Å². The molecule has 0 N–H and O–H groups in total. The van der Waals surface area contributed by atoms with Gasteiger partial charge in [0, 0.05) is 0 Å². The number of carboxylic acids is 1. The zero-order valence-electron chi connectivity index (χ0n) is 9.71. The van der Waals surface area contributed by atoms with Crippen molar-refractivity contribution in [1.29, 1.82) is 0 Å². The molecular formula is C10H11ClNO5S-. The second-order valence-corrected chi connectivity index (χ2v) is 5.77. The van der Waals surface area contributed by atoms with Crippen LogP contribution < -0.4 is 14.1 Å². The fraction of sp³-hybridized carbons (Fsp3) is 0.300. The summed E-state index contributed by atoms with van der Waals surface area (Å²) in [5.41, 5.74) is 0.132. The Bertz CT molecular complexity index is 557. The van der Waals surface area contributed by atoms with Gasteiger partial charge in [-0.1, -0.05) is 11.6 Å². The van der Waals surface area contributed by atoms with Crippen molar-refractivity contribution in [1.82, 2.24) is 0 Å². The summed E-state index contributed by atoms with van der Waals surface area (Å²) in [6, 6.07) is 4.16. The minimum Gasteiger partial charge on any atom is -0.548 e. The number of ether oxygens (including phenoxy) is 1. The van der Waals surface area contributed by atoms with Gasteiger partial charge in [-0.05, 0) is 18.2 Å². The van der Waals surface area contributed by atoms with E-state index in [0.717, 1.165) is 6.26 Å². The largest absolute Gasteiger partial charge is 0.548 e. The van der Waals surface area contributed by atoms with Crippen molar-refractivity contribution in [2.24, 2.45) is 0 Å². The van der Waals surface area contributed by atoms with E-state index in [1.54, 1.807) is 0 Å². The summed E-state index contributed by atoms with van der Waals surface area (Å²) < 4.78 is 28.6. The molecule has 18 heavy (non-hydrogen) atoms. The van der Waals surface area contributed by atoms with Crippen LogP contribution in [0.5, 0.6) is 5.75 Å². The lowest BCUT2D eigenvalue weighted by Gasteiger charge is -2.23. The van der Waals surface area contributed by atoms with Crippen molar-refractivity contribution >= 4 is 33.3 Å². The number of nitrogens with zero attached hydrogens (tertiary/aromatic N) is 1. The van der Waals surface area contributed by atoms with Gasteiger partial charge in [0.2, 0.25) is 10.0 Å². The molecular weight excluding hydrogens is 282 g/mol. The number of hydrogen-bond donors (Lipinski definition) is 0. The molecule has 1 aromatic carbocycles. The van der Waals surface area contributed by atoms with Gasteiger partial charge in [-0.3, -0.25) is 4.31 Å². The highest BCUT2D eigenvalue weighted by Crippen LogP contribution is 2.29. The molecule has 0 aliphatic heterocycles. The molecule has 0 spiro atoms. The van der Waals surface area contributed by atoms with Crippen LogP contribution in [0.4, 0.5) is 5.69 Å². The molecule has 0 bridgehead atoms. The van der Waals surface area contributed by atoms with Crippen LogP contribution in [0.3, 0.4) is 0 Å². The molecule has 0 atom stereocenters. The minimum absolute atomic E-state index is 0.132. The normalized spacial score (nSPS) is 11.1. The van der Waals surface area contributed by atoms with E-state index in [2.05, 4.69) is 0 Å². The van der Waals surface area contributed by atoms with Crippen molar-refractivity contribution in [3.63, 3.8) is 0 Å². The minimum atomic E-state index is -3.74. The molecule has 0 radical (unpaired) electrons. The van der Waals surface area contributed by atoms with Crippen molar-refractivity contribution in [2.75, 3.05) is 24.2 Å². The first kappa shape index (κ1) is 14.6. The quantitative estimate of drug-likeness (QED) is 0.754. The summed E-state index contributed by atoms with van der Waals surface area (Å²) in [5.74, 6) is -1.14. The number of carboxylic acid groups (broad SMARTS) is 1. The molecule has 0 aliphatic carbocycles. The van der Waals surface area contributed by atoms with E-state index in [4.69, 9.17) is 16.3 Å². The average Bonchev–Trinajstić information content (AvgIpc) is 2.24. The zero-order chi connectivity index (χ0) is 13.9. The maximum absolute atomic E-state index is 11.5. The van der Waals surface area contributed by atoms with E-state index in [1.807, 2.05) is 0 Å². The second-order valence-electron chi connectivity index (χ2n) is 3.46. The molecule has 1 aromatic rings. The van der Waals surface area contributed by atoms with Gasteiger partial charge in [0.15, 0.2) is 0 Å². The smallest absolute Gasteiger partial charge is 0.232 e. The molecule has 0 fully saturated rings. The maximum Gasteiger partial charge on any atom is 0.232 e. The number of sulfonamides is 1. The van der Waals surface area contributed by atoms with E-state index in [0.29, 0.717) is 10.1 Å². The third-order valence-corrected chi connectivity index (χ3v) is 3.53. The molecule has 1 rings (SSSR count). The number of benzene rings is 1. The second kappa shape index (κ2) is 5.45. The Morgan fingerprint density at radius 1 is 1.50 bits per heavy atom. The Morgan fingerprint density at radius 2 is 2.11 bits per heavy atom. The highest BCUT2D eigenvalue weighted by molar-refractivity contribution is 7.92. The lowest BCUT2D eigenvalue weighted by Crippen LogP contribution is -2.41. The van der Waals surface area contributed by atoms with Gasteiger partial charge in [-0.25, -0.2) is 8.42 Å². The van der Waals surface area contributed by atoms with Crippen LogP contribution in [0.15, 0.2) is 18.2 Å². The molecule has 0 unspecified atom stereocenters.